The van der Waals surface area contributed by atoms with Gasteiger partial charge in [0.25, 0.3) is 0 Å². The summed E-state index contributed by atoms with van der Waals surface area (Å²) in [5, 5.41) is 9.64. The van der Waals surface area contributed by atoms with E-state index in [1.165, 1.54) is 11.6 Å². The Balaban J connectivity index is 1.85. The molecule has 1 unspecified atom stereocenters. The normalized spacial score (nSPS) is 13.3. The van der Waals surface area contributed by atoms with Crippen molar-refractivity contribution in [3.63, 3.8) is 0 Å². The van der Waals surface area contributed by atoms with Crippen molar-refractivity contribution in [1.82, 2.24) is 0 Å². The number of aliphatic hydroxyl groups excluding tert-OH is 1. The first-order valence-electron chi connectivity index (χ1n) is 11.0. The molecule has 1 N–H and O–H groups in total. The molecule has 1 atom stereocenters. The van der Waals surface area contributed by atoms with Gasteiger partial charge in [-0.25, -0.2) is 4.39 Å². The SMILES string of the molecule is CC(=O)C(C)(CO)CCc1ccc(C)c(C=Cc2cccc(-c3cccc(F)c3)c2C)c1. The molecule has 0 spiro atoms. The highest BCUT2D eigenvalue weighted by atomic mass is 19.1. The fourth-order valence-electron chi connectivity index (χ4n) is 3.79. The summed E-state index contributed by atoms with van der Waals surface area (Å²) < 4.78 is 13.7. The first-order valence-corrected chi connectivity index (χ1v) is 11.0. The van der Waals surface area contributed by atoms with E-state index in [-0.39, 0.29) is 18.2 Å². The minimum absolute atomic E-state index is 0.0147. The molecule has 0 aliphatic rings. The van der Waals surface area contributed by atoms with Gasteiger partial charge in [-0.1, -0.05) is 67.6 Å². The monoisotopic (exact) mass is 430 g/mol. The Morgan fingerprint density at radius 1 is 1.00 bits per heavy atom. The zero-order chi connectivity index (χ0) is 23.3. The summed E-state index contributed by atoms with van der Waals surface area (Å²) in [6, 6.07) is 19.1. The van der Waals surface area contributed by atoms with Gasteiger partial charge in [-0.2, -0.15) is 0 Å². The molecule has 3 heteroatoms. The Labute approximate surface area is 190 Å². The predicted octanol–water partition coefficient (Wildman–Crippen LogP) is 6.80. The molecule has 0 bridgehead atoms. The van der Waals surface area contributed by atoms with E-state index >= 15 is 0 Å². The van der Waals surface area contributed by atoms with Gasteiger partial charge in [0, 0.05) is 5.41 Å². The van der Waals surface area contributed by atoms with Crippen LogP contribution in [0, 0.1) is 25.1 Å². The molecular formula is C29H31FO2. The number of aliphatic hydroxyl groups is 1. The summed E-state index contributed by atoms with van der Waals surface area (Å²) in [4.78, 5) is 11.9. The van der Waals surface area contributed by atoms with Crippen molar-refractivity contribution in [3.05, 3.63) is 94.3 Å². The highest BCUT2D eigenvalue weighted by molar-refractivity contribution is 5.82. The van der Waals surface area contributed by atoms with Gasteiger partial charge < -0.3 is 5.11 Å². The van der Waals surface area contributed by atoms with Crippen LogP contribution in [0.1, 0.15) is 48.1 Å². The van der Waals surface area contributed by atoms with Crippen LogP contribution in [0.5, 0.6) is 0 Å². The second-order valence-corrected chi connectivity index (χ2v) is 8.83. The number of carbonyl (C=O) groups excluding carboxylic acids is 1. The molecule has 0 saturated carbocycles. The zero-order valence-electron chi connectivity index (χ0n) is 19.3. The summed E-state index contributed by atoms with van der Waals surface area (Å²) >= 11 is 0. The lowest BCUT2D eigenvalue weighted by molar-refractivity contribution is -0.128. The molecule has 0 saturated heterocycles. The molecule has 3 aromatic carbocycles. The van der Waals surface area contributed by atoms with Crippen molar-refractivity contribution in [3.8, 4) is 11.1 Å². The molecule has 32 heavy (non-hydrogen) atoms. The Bertz CT molecular complexity index is 1150. The average Bonchev–Trinajstić information content (AvgIpc) is 2.78. The van der Waals surface area contributed by atoms with Crippen LogP contribution in [-0.2, 0) is 11.2 Å². The van der Waals surface area contributed by atoms with Crippen LogP contribution in [0.3, 0.4) is 0 Å². The van der Waals surface area contributed by atoms with E-state index in [1.807, 2.05) is 25.1 Å². The molecule has 0 radical (unpaired) electrons. The molecule has 2 nitrogen and oxygen atoms in total. The number of hydrogen-bond donors (Lipinski definition) is 1. The van der Waals surface area contributed by atoms with Crippen LogP contribution in [0.15, 0.2) is 60.7 Å². The quantitative estimate of drug-likeness (QED) is 0.399. The van der Waals surface area contributed by atoms with E-state index in [0.717, 1.165) is 39.8 Å². The number of hydrogen-bond acceptors (Lipinski definition) is 2. The molecule has 0 fully saturated rings. The third kappa shape index (κ3) is 5.41. The van der Waals surface area contributed by atoms with Crippen LogP contribution < -0.4 is 0 Å². The van der Waals surface area contributed by atoms with Crippen LogP contribution >= 0.6 is 0 Å². The molecular weight excluding hydrogens is 399 g/mol. The van der Waals surface area contributed by atoms with Crippen molar-refractivity contribution < 1.29 is 14.3 Å². The van der Waals surface area contributed by atoms with Crippen molar-refractivity contribution in [2.45, 2.75) is 40.5 Å². The van der Waals surface area contributed by atoms with Crippen LogP contribution in [0.2, 0.25) is 0 Å². The van der Waals surface area contributed by atoms with Crippen LogP contribution in [0.4, 0.5) is 4.39 Å². The lowest BCUT2D eigenvalue weighted by Crippen LogP contribution is -2.30. The highest BCUT2D eigenvalue weighted by Gasteiger charge is 2.28. The smallest absolute Gasteiger partial charge is 0.137 e. The summed E-state index contributed by atoms with van der Waals surface area (Å²) in [5.74, 6) is -0.224. The number of rotatable bonds is 8. The number of halogens is 1. The Kier molecular flexibility index (Phi) is 7.42. The number of carbonyl (C=O) groups is 1. The minimum atomic E-state index is -0.699. The minimum Gasteiger partial charge on any atom is -0.395 e. The van der Waals surface area contributed by atoms with Gasteiger partial charge in [0.15, 0.2) is 0 Å². The molecule has 0 aromatic heterocycles. The first-order chi connectivity index (χ1) is 15.2. The van der Waals surface area contributed by atoms with E-state index in [1.54, 1.807) is 19.1 Å². The molecule has 0 amide bonds. The first kappa shape index (κ1) is 23.6. The summed E-state index contributed by atoms with van der Waals surface area (Å²) in [6.45, 7) is 7.36. The van der Waals surface area contributed by atoms with Gasteiger partial charge in [0.2, 0.25) is 0 Å². The summed E-state index contributed by atoms with van der Waals surface area (Å²) in [7, 11) is 0. The van der Waals surface area contributed by atoms with Crippen molar-refractivity contribution in [2.75, 3.05) is 6.61 Å². The largest absolute Gasteiger partial charge is 0.395 e. The molecule has 0 aliphatic heterocycles. The molecule has 3 aromatic rings. The maximum atomic E-state index is 13.7. The van der Waals surface area contributed by atoms with Crippen molar-refractivity contribution in [2.24, 2.45) is 5.41 Å². The number of aryl methyl sites for hydroxylation is 2. The van der Waals surface area contributed by atoms with E-state index in [2.05, 4.69) is 50.3 Å². The molecule has 166 valence electrons. The van der Waals surface area contributed by atoms with Crippen LogP contribution in [-0.4, -0.2) is 17.5 Å². The summed E-state index contributed by atoms with van der Waals surface area (Å²) in [6.07, 6.45) is 5.54. The van der Waals surface area contributed by atoms with E-state index in [9.17, 15) is 14.3 Å². The second kappa shape index (κ2) is 10.1. The highest BCUT2D eigenvalue weighted by Crippen LogP contribution is 2.28. The van der Waals surface area contributed by atoms with E-state index < -0.39 is 5.41 Å². The fraction of sp³-hybridized carbons (Fsp3) is 0.276. The Hall–Kier alpha value is -3.04. The van der Waals surface area contributed by atoms with Gasteiger partial charge in [-0.15, -0.1) is 0 Å². The van der Waals surface area contributed by atoms with Crippen molar-refractivity contribution in [1.29, 1.82) is 0 Å². The average molecular weight is 431 g/mol. The van der Waals surface area contributed by atoms with Gasteiger partial charge in [0.05, 0.1) is 6.61 Å². The molecule has 0 aliphatic carbocycles. The maximum absolute atomic E-state index is 13.7. The van der Waals surface area contributed by atoms with Gasteiger partial charge in [-0.05, 0) is 84.7 Å². The third-order valence-corrected chi connectivity index (χ3v) is 6.46. The molecule has 0 heterocycles. The maximum Gasteiger partial charge on any atom is 0.137 e. The Morgan fingerprint density at radius 3 is 2.41 bits per heavy atom. The number of ketones is 1. The van der Waals surface area contributed by atoms with Gasteiger partial charge in [-0.3, -0.25) is 4.79 Å². The van der Waals surface area contributed by atoms with Crippen molar-refractivity contribution >= 4 is 17.9 Å². The summed E-state index contributed by atoms with van der Waals surface area (Å²) in [5.41, 5.74) is 6.80. The van der Waals surface area contributed by atoms with Gasteiger partial charge >= 0.3 is 0 Å². The lowest BCUT2D eigenvalue weighted by Gasteiger charge is -2.24. The second-order valence-electron chi connectivity index (χ2n) is 8.83. The number of Topliss-reactive ketones (excluding diaryl/α,β-unsaturated/α-hetero) is 1. The Morgan fingerprint density at radius 2 is 1.72 bits per heavy atom. The van der Waals surface area contributed by atoms with Crippen LogP contribution in [0.25, 0.3) is 23.3 Å². The number of benzene rings is 3. The zero-order valence-corrected chi connectivity index (χ0v) is 19.3. The van der Waals surface area contributed by atoms with E-state index in [4.69, 9.17) is 0 Å². The predicted molar refractivity (Wildman–Crippen MR) is 131 cm³/mol. The van der Waals surface area contributed by atoms with E-state index in [0.29, 0.717) is 6.42 Å². The van der Waals surface area contributed by atoms with Gasteiger partial charge in [0.1, 0.15) is 11.6 Å². The molecule has 3 rings (SSSR count). The topological polar surface area (TPSA) is 37.3 Å². The lowest BCUT2D eigenvalue weighted by atomic mass is 9.81. The standard InChI is InChI=1S/C29H31FO2/c1-20-11-12-23(15-16-29(4,19-31)22(3)32)17-25(20)14-13-24-7-6-10-28(21(24)2)26-8-5-9-27(30)18-26/h5-14,17-18,31H,15-16,19H2,1-4H3. The third-order valence-electron chi connectivity index (χ3n) is 6.46. The fourth-order valence-corrected chi connectivity index (χ4v) is 3.79.